The second kappa shape index (κ2) is 8.31. The molecule has 7 heteroatoms. The smallest absolute Gasteiger partial charge is 0.274 e. The number of hydrogen-bond donors (Lipinski definition) is 1. The average Bonchev–Trinajstić information content (AvgIpc) is 3.13. The molecule has 28 heavy (non-hydrogen) atoms. The number of amides is 1. The molecule has 2 aromatic heterocycles. The lowest BCUT2D eigenvalue weighted by atomic mass is 10.2. The standard InChI is InChI=1S/C21H24ClN5O/c1-25-10-12-26(13-11-25)9-8-16-6-7-20-23-14-19(27(20)15-16)21(28)24-18-5-3-2-4-17(18)22/h2-7,14-15H,8-13H2,1H3,(H,24,28). The number of pyridine rings is 1. The van der Waals surface area contributed by atoms with Gasteiger partial charge in [0.25, 0.3) is 5.91 Å². The molecule has 1 fully saturated rings. The van der Waals surface area contributed by atoms with Gasteiger partial charge >= 0.3 is 0 Å². The molecule has 1 saturated heterocycles. The topological polar surface area (TPSA) is 52.9 Å². The quantitative estimate of drug-likeness (QED) is 0.719. The Morgan fingerprint density at radius 3 is 2.71 bits per heavy atom. The van der Waals surface area contributed by atoms with Crippen molar-refractivity contribution in [3.05, 3.63) is 65.1 Å². The Balaban J connectivity index is 1.48. The van der Waals surface area contributed by atoms with E-state index in [2.05, 4.69) is 33.2 Å². The summed E-state index contributed by atoms with van der Waals surface area (Å²) in [7, 11) is 2.17. The third kappa shape index (κ3) is 4.19. The highest BCUT2D eigenvalue weighted by Gasteiger charge is 2.15. The molecule has 0 radical (unpaired) electrons. The third-order valence-electron chi connectivity index (χ3n) is 5.23. The number of rotatable bonds is 5. The van der Waals surface area contributed by atoms with Gasteiger partial charge in [-0.3, -0.25) is 9.20 Å². The van der Waals surface area contributed by atoms with Crippen molar-refractivity contribution in [2.45, 2.75) is 6.42 Å². The van der Waals surface area contributed by atoms with E-state index in [1.807, 2.05) is 28.8 Å². The molecular weight excluding hydrogens is 374 g/mol. The molecule has 0 unspecified atom stereocenters. The normalized spacial score (nSPS) is 15.8. The van der Waals surface area contributed by atoms with Crippen LogP contribution in [0.3, 0.4) is 0 Å². The van der Waals surface area contributed by atoms with Crippen LogP contribution >= 0.6 is 11.6 Å². The van der Waals surface area contributed by atoms with E-state index in [0.29, 0.717) is 16.4 Å². The van der Waals surface area contributed by atoms with Gasteiger partial charge in [0.05, 0.1) is 16.9 Å². The minimum atomic E-state index is -0.225. The Kier molecular flexibility index (Phi) is 5.62. The number of nitrogens with zero attached hydrogens (tertiary/aromatic N) is 4. The van der Waals surface area contributed by atoms with Crippen molar-refractivity contribution in [1.29, 1.82) is 0 Å². The molecule has 1 amide bonds. The van der Waals surface area contributed by atoms with Gasteiger partial charge in [0.1, 0.15) is 11.3 Å². The van der Waals surface area contributed by atoms with Crippen molar-refractivity contribution in [2.24, 2.45) is 0 Å². The summed E-state index contributed by atoms with van der Waals surface area (Å²) in [6.45, 7) is 5.47. The van der Waals surface area contributed by atoms with Crippen LogP contribution in [0.1, 0.15) is 16.1 Å². The lowest BCUT2D eigenvalue weighted by molar-refractivity contribution is 0.102. The molecule has 3 aromatic rings. The molecule has 0 spiro atoms. The molecule has 1 aliphatic rings. The Bertz CT molecular complexity index is 978. The molecule has 3 heterocycles. The molecule has 1 aromatic carbocycles. The van der Waals surface area contributed by atoms with E-state index in [1.165, 1.54) is 5.56 Å². The van der Waals surface area contributed by atoms with Gasteiger partial charge in [-0.2, -0.15) is 0 Å². The number of carbonyl (C=O) groups excluding carboxylic acids is 1. The number of piperazine rings is 1. The van der Waals surface area contributed by atoms with E-state index < -0.39 is 0 Å². The highest BCUT2D eigenvalue weighted by molar-refractivity contribution is 6.33. The van der Waals surface area contributed by atoms with Crippen LogP contribution in [-0.2, 0) is 6.42 Å². The second-order valence-corrected chi connectivity index (χ2v) is 7.65. The number of benzene rings is 1. The number of anilines is 1. The van der Waals surface area contributed by atoms with Gasteiger partial charge in [-0.15, -0.1) is 0 Å². The fraction of sp³-hybridized carbons (Fsp3) is 0.333. The largest absolute Gasteiger partial charge is 0.319 e. The number of para-hydroxylation sites is 1. The van der Waals surface area contributed by atoms with Gasteiger partial charge in [0.2, 0.25) is 0 Å². The maximum Gasteiger partial charge on any atom is 0.274 e. The van der Waals surface area contributed by atoms with Gasteiger partial charge in [0, 0.05) is 38.9 Å². The van der Waals surface area contributed by atoms with E-state index in [0.717, 1.165) is 44.8 Å². The van der Waals surface area contributed by atoms with Crippen LogP contribution in [0, 0.1) is 0 Å². The van der Waals surface area contributed by atoms with Gasteiger partial charge in [-0.25, -0.2) is 4.98 Å². The summed E-state index contributed by atoms with van der Waals surface area (Å²) >= 11 is 6.15. The molecule has 0 bridgehead atoms. The number of imidazole rings is 1. The first-order chi connectivity index (χ1) is 13.6. The Labute approximate surface area is 169 Å². The first-order valence-electron chi connectivity index (χ1n) is 9.53. The average molecular weight is 398 g/mol. The zero-order chi connectivity index (χ0) is 19.5. The number of likely N-dealkylation sites (N-methyl/N-ethyl adjacent to an activating group) is 1. The van der Waals surface area contributed by atoms with Crippen LogP contribution in [-0.4, -0.2) is 64.9 Å². The molecule has 0 atom stereocenters. The third-order valence-corrected chi connectivity index (χ3v) is 5.56. The van der Waals surface area contributed by atoms with E-state index in [1.54, 1.807) is 18.3 Å². The molecular formula is C21H24ClN5O. The van der Waals surface area contributed by atoms with Gasteiger partial charge in [-0.05, 0) is 37.2 Å². The molecule has 1 aliphatic heterocycles. The van der Waals surface area contributed by atoms with E-state index >= 15 is 0 Å². The van der Waals surface area contributed by atoms with Crippen LogP contribution < -0.4 is 5.32 Å². The van der Waals surface area contributed by atoms with Gasteiger partial charge in [-0.1, -0.05) is 29.8 Å². The maximum absolute atomic E-state index is 12.7. The number of nitrogens with one attached hydrogen (secondary N) is 1. The van der Waals surface area contributed by atoms with Crippen LogP contribution in [0.15, 0.2) is 48.8 Å². The van der Waals surface area contributed by atoms with Crippen molar-refractivity contribution in [2.75, 3.05) is 45.1 Å². The zero-order valence-corrected chi connectivity index (χ0v) is 16.7. The number of hydrogen-bond acceptors (Lipinski definition) is 4. The van der Waals surface area contributed by atoms with E-state index in [4.69, 9.17) is 11.6 Å². The minimum Gasteiger partial charge on any atom is -0.319 e. The fourth-order valence-electron chi connectivity index (χ4n) is 3.45. The summed E-state index contributed by atoms with van der Waals surface area (Å²) in [5.41, 5.74) is 3.04. The number of halogens is 1. The first kappa shape index (κ1) is 18.9. The molecule has 0 saturated carbocycles. The fourth-order valence-corrected chi connectivity index (χ4v) is 3.63. The Hall–Kier alpha value is -2.41. The number of carbonyl (C=O) groups is 1. The highest BCUT2D eigenvalue weighted by atomic mass is 35.5. The van der Waals surface area contributed by atoms with Crippen molar-refractivity contribution in [3.63, 3.8) is 0 Å². The van der Waals surface area contributed by atoms with Crippen LogP contribution in [0.5, 0.6) is 0 Å². The summed E-state index contributed by atoms with van der Waals surface area (Å²) in [6.07, 6.45) is 4.56. The highest BCUT2D eigenvalue weighted by Crippen LogP contribution is 2.21. The summed E-state index contributed by atoms with van der Waals surface area (Å²) in [6, 6.07) is 11.3. The van der Waals surface area contributed by atoms with Crippen molar-refractivity contribution in [1.82, 2.24) is 19.2 Å². The van der Waals surface area contributed by atoms with Crippen molar-refractivity contribution in [3.8, 4) is 0 Å². The summed E-state index contributed by atoms with van der Waals surface area (Å²) in [4.78, 5) is 21.9. The minimum absolute atomic E-state index is 0.225. The molecule has 146 valence electrons. The predicted molar refractivity (Wildman–Crippen MR) is 112 cm³/mol. The summed E-state index contributed by atoms with van der Waals surface area (Å²) in [5.74, 6) is -0.225. The first-order valence-corrected chi connectivity index (χ1v) is 9.91. The molecule has 6 nitrogen and oxygen atoms in total. The zero-order valence-electron chi connectivity index (χ0n) is 15.9. The van der Waals surface area contributed by atoms with Crippen LogP contribution in [0.2, 0.25) is 5.02 Å². The van der Waals surface area contributed by atoms with E-state index in [9.17, 15) is 4.79 Å². The predicted octanol–water partition coefficient (Wildman–Crippen LogP) is 3.03. The van der Waals surface area contributed by atoms with Gasteiger partial charge < -0.3 is 15.1 Å². The lowest BCUT2D eigenvalue weighted by Crippen LogP contribution is -2.45. The van der Waals surface area contributed by atoms with Crippen LogP contribution in [0.4, 0.5) is 5.69 Å². The summed E-state index contributed by atoms with van der Waals surface area (Å²) in [5, 5.41) is 3.38. The number of aromatic nitrogens is 2. The Morgan fingerprint density at radius 2 is 1.93 bits per heavy atom. The molecule has 1 N–H and O–H groups in total. The summed E-state index contributed by atoms with van der Waals surface area (Å²) < 4.78 is 1.85. The van der Waals surface area contributed by atoms with Crippen molar-refractivity contribution < 1.29 is 4.79 Å². The monoisotopic (exact) mass is 397 g/mol. The molecule has 0 aliphatic carbocycles. The maximum atomic E-state index is 12.7. The SMILES string of the molecule is CN1CCN(CCc2ccc3ncc(C(=O)Nc4ccccc4Cl)n3c2)CC1. The Morgan fingerprint density at radius 1 is 1.14 bits per heavy atom. The van der Waals surface area contributed by atoms with Crippen LogP contribution in [0.25, 0.3) is 5.65 Å². The second-order valence-electron chi connectivity index (χ2n) is 7.24. The van der Waals surface area contributed by atoms with Gasteiger partial charge in [0.15, 0.2) is 0 Å². The lowest BCUT2D eigenvalue weighted by Gasteiger charge is -2.32. The van der Waals surface area contributed by atoms with E-state index in [-0.39, 0.29) is 5.91 Å². The number of fused-ring (bicyclic) bond motifs is 1. The molecule has 4 rings (SSSR count). The van der Waals surface area contributed by atoms with Crippen molar-refractivity contribution >= 4 is 28.8 Å².